The lowest BCUT2D eigenvalue weighted by molar-refractivity contribution is -0.124. The number of benzene rings is 2. The van der Waals surface area contributed by atoms with E-state index in [0.717, 1.165) is 21.8 Å². The van der Waals surface area contributed by atoms with Gasteiger partial charge in [-0.05, 0) is 66.6 Å². The van der Waals surface area contributed by atoms with Crippen molar-refractivity contribution in [3.63, 3.8) is 0 Å². The summed E-state index contributed by atoms with van der Waals surface area (Å²) in [6.45, 7) is 4.13. The molecule has 1 atom stereocenters. The second-order valence-corrected chi connectivity index (χ2v) is 9.07. The maximum Gasteiger partial charge on any atom is 0.293 e. The molecule has 3 rings (SSSR count). The molecule has 0 radical (unpaired) electrons. The van der Waals surface area contributed by atoms with Crippen molar-refractivity contribution < 1.29 is 19.1 Å². The van der Waals surface area contributed by atoms with E-state index in [0.29, 0.717) is 40.0 Å². The molecule has 2 aromatic carbocycles. The van der Waals surface area contributed by atoms with Crippen LogP contribution in [0.2, 0.25) is 5.02 Å². The first-order valence-electron chi connectivity index (χ1n) is 9.35. The Balaban J connectivity index is 1.83. The van der Waals surface area contributed by atoms with Crippen LogP contribution in [-0.2, 0) is 11.4 Å². The Labute approximate surface area is 193 Å². The molecule has 2 amide bonds. The largest absolute Gasteiger partial charge is 0.493 e. The molecule has 30 heavy (non-hydrogen) atoms. The molecule has 8 heteroatoms. The van der Waals surface area contributed by atoms with E-state index in [2.05, 4.69) is 15.9 Å². The molecule has 0 aliphatic carbocycles. The summed E-state index contributed by atoms with van der Waals surface area (Å²) in [5, 5.41) is 0.104. The van der Waals surface area contributed by atoms with Gasteiger partial charge in [0.1, 0.15) is 6.61 Å². The highest BCUT2D eigenvalue weighted by molar-refractivity contribution is 9.10. The molecular formula is C22H21BrClNO4S. The highest BCUT2D eigenvalue weighted by atomic mass is 79.9. The summed E-state index contributed by atoms with van der Waals surface area (Å²) < 4.78 is 12.3. The second kappa shape index (κ2) is 9.90. The van der Waals surface area contributed by atoms with Crippen LogP contribution in [0.25, 0.3) is 6.08 Å². The van der Waals surface area contributed by atoms with Crippen LogP contribution in [0, 0.1) is 0 Å². The van der Waals surface area contributed by atoms with Gasteiger partial charge >= 0.3 is 0 Å². The van der Waals surface area contributed by atoms with Gasteiger partial charge in [-0.25, -0.2) is 0 Å². The van der Waals surface area contributed by atoms with E-state index in [1.54, 1.807) is 18.2 Å². The second-order valence-electron chi connectivity index (χ2n) is 6.76. The molecule has 1 saturated heterocycles. The Bertz CT molecular complexity index is 993. The summed E-state index contributed by atoms with van der Waals surface area (Å²) in [5.41, 5.74) is 1.64. The summed E-state index contributed by atoms with van der Waals surface area (Å²) in [6, 6.07) is 11.1. The molecule has 1 fully saturated rings. The third-order valence-corrected chi connectivity index (χ3v) is 6.39. The first-order valence-corrected chi connectivity index (χ1v) is 11.3. The smallest absolute Gasteiger partial charge is 0.293 e. The Morgan fingerprint density at radius 2 is 1.93 bits per heavy atom. The summed E-state index contributed by atoms with van der Waals surface area (Å²) in [6.07, 6.45) is 2.36. The highest BCUT2D eigenvalue weighted by Gasteiger charge is 2.37. The van der Waals surface area contributed by atoms with Crippen molar-refractivity contribution in [1.82, 2.24) is 4.90 Å². The number of carbonyl (C=O) groups excluding carboxylic acids is 2. The minimum atomic E-state index is -0.287. The first kappa shape index (κ1) is 22.7. The zero-order chi connectivity index (χ0) is 21.8. The van der Waals surface area contributed by atoms with Crippen LogP contribution in [-0.4, -0.2) is 29.2 Å². The predicted octanol–water partition coefficient (Wildman–Crippen LogP) is 6.52. The lowest BCUT2D eigenvalue weighted by Crippen LogP contribution is -2.36. The number of halogens is 2. The van der Waals surface area contributed by atoms with Crippen molar-refractivity contribution in [1.29, 1.82) is 0 Å². The lowest BCUT2D eigenvalue weighted by atomic mass is 10.1. The van der Waals surface area contributed by atoms with Crippen LogP contribution >= 0.6 is 39.3 Å². The van der Waals surface area contributed by atoms with E-state index >= 15 is 0 Å². The normalized spacial score (nSPS) is 16.3. The van der Waals surface area contributed by atoms with E-state index < -0.39 is 0 Å². The fourth-order valence-corrected chi connectivity index (χ4v) is 4.36. The average Bonchev–Trinajstić information content (AvgIpc) is 3.00. The molecule has 0 unspecified atom stereocenters. The Kier molecular flexibility index (Phi) is 7.50. The third-order valence-electron chi connectivity index (χ3n) is 4.70. The molecule has 0 aromatic heterocycles. The molecule has 0 N–H and O–H groups in total. The number of carbonyl (C=O) groups is 2. The van der Waals surface area contributed by atoms with Gasteiger partial charge in [-0.3, -0.25) is 14.5 Å². The highest BCUT2D eigenvalue weighted by Crippen LogP contribution is 2.39. The number of hydrogen-bond donors (Lipinski definition) is 0. The Morgan fingerprint density at radius 3 is 2.57 bits per heavy atom. The summed E-state index contributed by atoms with van der Waals surface area (Å²) in [5.74, 6) is 0.587. The number of hydrogen-bond acceptors (Lipinski definition) is 5. The number of methoxy groups -OCH3 is 1. The molecule has 0 spiro atoms. The van der Waals surface area contributed by atoms with Gasteiger partial charge in [0, 0.05) is 10.5 Å². The number of amides is 2. The van der Waals surface area contributed by atoms with Crippen molar-refractivity contribution in [3.8, 4) is 11.5 Å². The number of thioether (sulfide) groups is 1. The van der Waals surface area contributed by atoms with Crippen molar-refractivity contribution in [3.05, 3.63) is 61.9 Å². The van der Waals surface area contributed by atoms with E-state index in [9.17, 15) is 9.59 Å². The number of rotatable bonds is 7. The molecule has 1 heterocycles. The minimum absolute atomic E-state index is 0.143. The van der Waals surface area contributed by atoms with Crippen molar-refractivity contribution in [2.75, 3.05) is 7.11 Å². The standard InChI is InChI=1S/C22H21BrClNO4S/c1-4-13(2)25-21(26)19(30-22(25)27)11-15-9-17(24)20(18(10-15)28-3)29-12-14-5-7-16(23)8-6-14/h5-11,13H,4,12H2,1-3H3/b19-11+/t13-/m0/s1. The zero-order valence-corrected chi connectivity index (χ0v) is 19.9. The molecule has 5 nitrogen and oxygen atoms in total. The van der Waals surface area contributed by atoms with Gasteiger partial charge in [0.25, 0.3) is 11.1 Å². The fraction of sp³-hybridized carbons (Fsp3) is 0.273. The maximum atomic E-state index is 12.6. The first-order chi connectivity index (χ1) is 14.3. The Morgan fingerprint density at radius 1 is 1.23 bits per heavy atom. The minimum Gasteiger partial charge on any atom is -0.493 e. The average molecular weight is 511 g/mol. The summed E-state index contributed by atoms with van der Waals surface area (Å²) in [7, 11) is 1.53. The monoisotopic (exact) mass is 509 g/mol. The van der Waals surface area contributed by atoms with Crippen molar-refractivity contribution in [2.45, 2.75) is 32.9 Å². The molecule has 0 saturated carbocycles. The van der Waals surface area contributed by atoms with Crippen molar-refractivity contribution in [2.24, 2.45) is 0 Å². The molecule has 1 aliphatic rings. The van der Waals surface area contributed by atoms with Gasteiger partial charge in [-0.1, -0.05) is 46.6 Å². The summed E-state index contributed by atoms with van der Waals surface area (Å²) >= 11 is 10.8. The van der Waals surface area contributed by atoms with Gasteiger partial charge in [-0.15, -0.1) is 0 Å². The quantitative estimate of drug-likeness (QED) is 0.397. The van der Waals surface area contributed by atoms with Gasteiger partial charge in [0.15, 0.2) is 11.5 Å². The van der Waals surface area contributed by atoms with Crippen LogP contribution < -0.4 is 9.47 Å². The SMILES string of the molecule is CC[C@H](C)N1C(=O)S/C(=C/c2cc(Cl)c(OCc3ccc(Br)cc3)c(OC)c2)C1=O. The van der Waals surface area contributed by atoms with Gasteiger partial charge in [-0.2, -0.15) is 0 Å². The third kappa shape index (κ3) is 5.02. The van der Waals surface area contributed by atoms with E-state index in [1.807, 2.05) is 38.1 Å². The van der Waals surface area contributed by atoms with Crippen LogP contribution in [0.15, 0.2) is 45.8 Å². The van der Waals surface area contributed by atoms with Gasteiger partial charge in [0.2, 0.25) is 0 Å². The Hall–Kier alpha value is -1.96. The maximum absolute atomic E-state index is 12.6. The van der Waals surface area contributed by atoms with Crippen LogP contribution in [0.1, 0.15) is 31.4 Å². The van der Waals surface area contributed by atoms with Gasteiger partial charge in [0.05, 0.1) is 17.0 Å². The fourth-order valence-electron chi connectivity index (χ4n) is 2.89. The van der Waals surface area contributed by atoms with E-state index in [1.165, 1.54) is 12.0 Å². The molecule has 2 aromatic rings. The molecule has 158 valence electrons. The predicted molar refractivity (Wildman–Crippen MR) is 124 cm³/mol. The van der Waals surface area contributed by atoms with Crippen molar-refractivity contribution >= 4 is 56.5 Å². The zero-order valence-electron chi connectivity index (χ0n) is 16.8. The molecule has 1 aliphatic heterocycles. The topological polar surface area (TPSA) is 55.8 Å². The number of nitrogens with zero attached hydrogens (tertiary/aromatic N) is 1. The van der Waals surface area contributed by atoms with Crippen LogP contribution in [0.4, 0.5) is 4.79 Å². The number of imide groups is 1. The molecular weight excluding hydrogens is 490 g/mol. The molecule has 0 bridgehead atoms. The summed E-state index contributed by atoms with van der Waals surface area (Å²) in [4.78, 5) is 26.5. The van der Waals surface area contributed by atoms with E-state index in [4.69, 9.17) is 21.1 Å². The number of ether oxygens (including phenoxy) is 2. The van der Waals surface area contributed by atoms with Crippen LogP contribution in [0.5, 0.6) is 11.5 Å². The van der Waals surface area contributed by atoms with Crippen LogP contribution in [0.3, 0.4) is 0 Å². The van der Waals surface area contributed by atoms with E-state index in [-0.39, 0.29) is 17.2 Å². The lowest BCUT2D eigenvalue weighted by Gasteiger charge is -2.19. The van der Waals surface area contributed by atoms with Gasteiger partial charge < -0.3 is 9.47 Å².